The summed E-state index contributed by atoms with van der Waals surface area (Å²) in [6.45, 7) is 4.79. The molecule has 102 valence electrons. The van der Waals surface area contributed by atoms with Crippen molar-refractivity contribution < 1.29 is 24.1 Å². The zero-order chi connectivity index (χ0) is 13.5. The second-order valence-corrected chi connectivity index (χ2v) is 3.48. The molecule has 0 radical (unpaired) electrons. The lowest BCUT2D eigenvalue weighted by Crippen LogP contribution is -2.10. The third kappa shape index (κ3) is 3.05. The smallest absolute Gasteiger partial charge is 0.203 e. The minimum absolute atomic E-state index is 0.0184. The van der Waals surface area contributed by atoms with Gasteiger partial charge in [-0.05, 0) is 26.0 Å². The topological polar surface area (TPSA) is 57.2 Å². The first-order valence-corrected chi connectivity index (χ1v) is 5.86. The van der Waals surface area contributed by atoms with Gasteiger partial charge < -0.3 is 24.1 Å². The van der Waals surface area contributed by atoms with Crippen LogP contribution in [0.15, 0.2) is 12.1 Å². The summed E-state index contributed by atoms with van der Waals surface area (Å²) in [4.78, 5) is 0. The van der Waals surface area contributed by atoms with Crippen LogP contribution in [0, 0.1) is 0 Å². The Kier molecular flexibility index (Phi) is 5.74. The molecule has 0 aliphatic carbocycles. The quantitative estimate of drug-likeness (QED) is 0.759. The SMILES string of the molecule is CCOC(OCC)c1ccc(O)c(OC)c1OC. The van der Waals surface area contributed by atoms with Crippen molar-refractivity contribution in [2.75, 3.05) is 27.4 Å². The van der Waals surface area contributed by atoms with E-state index in [2.05, 4.69) is 0 Å². The van der Waals surface area contributed by atoms with Gasteiger partial charge in [-0.15, -0.1) is 0 Å². The molecule has 0 unspecified atom stereocenters. The van der Waals surface area contributed by atoms with Crippen molar-refractivity contribution in [3.8, 4) is 17.2 Å². The molecule has 0 fully saturated rings. The Balaban J connectivity index is 3.20. The van der Waals surface area contributed by atoms with Gasteiger partial charge >= 0.3 is 0 Å². The molecule has 1 rings (SSSR count). The predicted octanol–water partition coefficient (Wildman–Crippen LogP) is 2.48. The summed E-state index contributed by atoms with van der Waals surface area (Å²) in [6.07, 6.45) is -0.538. The van der Waals surface area contributed by atoms with E-state index in [-0.39, 0.29) is 11.5 Å². The Morgan fingerprint density at radius 3 is 2.00 bits per heavy atom. The van der Waals surface area contributed by atoms with E-state index in [0.717, 1.165) is 0 Å². The monoisotopic (exact) mass is 256 g/mol. The molecule has 0 saturated carbocycles. The van der Waals surface area contributed by atoms with E-state index >= 15 is 0 Å². The molecule has 0 spiro atoms. The number of benzene rings is 1. The third-order valence-corrected chi connectivity index (χ3v) is 2.42. The van der Waals surface area contributed by atoms with Crippen LogP contribution in [0.4, 0.5) is 0 Å². The van der Waals surface area contributed by atoms with E-state index in [0.29, 0.717) is 24.5 Å². The van der Waals surface area contributed by atoms with Crippen LogP contribution in [0.2, 0.25) is 0 Å². The minimum atomic E-state index is -0.538. The van der Waals surface area contributed by atoms with E-state index in [1.165, 1.54) is 20.3 Å². The van der Waals surface area contributed by atoms with E-state index in [9.17, 15) is 5.11 Å². The van der Waals surface area contributed by atoms with E-state index in [1.807, 2.05) is 13.8 Å². The molecule has 0 aliphatic heterocycles. The van der Waals surface area contributed by atoms with Crippen molar-refractivity contribution in [1.82, 2.24) is 0 Å². The van der Waals surface area contributed by atoms with Gasteiger partial charge in [0.25, 0.3) is 0 Å². The molecule has 18 heavy (non-hydrogen) atoms. The lowest BCUT2D eigenvalue weighted by molar-refractivity contribution is -0.141. The fourth-order valence-corrected chi connectivity index (χ4v) is 1.69. The summed E-state index contributed by atoms with van der Waals surface area (Å²) in [7, 11) is 2.98. The standard InChI is InChI=1S/C13H20O5/c1-5-17-13(18-6-2)9-7-8-10(14)12(16-4)11(9)15-3/h7-8,13-14H,5-6H2,1-4H3. The first-order chi connectivity index (χ1) is 8.69. The Bertz CT molecular complexity index is 372. The maximum absolute atomic E-state index is 9.70. The van der Waals surface area contributed by atoms with Gasteiger partial charge in [0, 0.05) is 13.2 Å². The van der Waals surface area contributed by atoms with Crippen LogP contribution >= 0.6 is 0 Å². The van der Waals surface area contributed by atoms with Gasteiger partial charge in [0.1, 0.15) is 0 Å². The molecule has 1 aromatic rings. The van der Waals surface area contributed by atoms with Crippen molar-refractivity contribution in [2.24, 2.45) is 0 Å². The molecule has 1 N–H and O–H groups in total. The first-order valence-electron chi connectivity index (χ1n) is 5.86. The Labute approximate surface area is 107 Å². The highest BCUT2D eigenvalue weighted by Gasteiger charge is 2.22. The van der Waals surface area contributed by atoms with Gasteiger partial charge in [-0.2, -0.15) is 0 Å². The fourth-order valence-electron chi connectivity index (χ4n) is 1.69. The summed E-state index contributed by atoms with van der Waals surface area (Å²) in [6, 6.07) is 3.23. The molecule has 1 aromatic carbocycles. The Morgan fingerprint density at radius 1 is 1.00 bits per heavy atom. The zero-order valence-electron chi connectivity index (χ0n) is 11.2. The van der Waals surface area contributed by atoms with Gasteiger partial charge in [-0.25, -0.2) is 0 Å². The van der Waals surface area contributed by atoms with E-state index < -0.39 is 6.29 Å². The summed E-state index contributed by atoms with van der Waals surface area (Å²) in [5, 5.41) is 9.70. The van der Waals surface area contributed by atoms with Gasteiger partial charge in [-0.1, -0.05) is 0 Å². The number of ether oxygens (including phenoxy) is 4. The number of hydrogen-bond acceptors (Lipinski definition) is 5. The number of aromatic hydroxyl groups is 1. The molecule has 0 heterocycles. The molecule has 0 saturated heterocycles. The average Bonchev–Trinajstić information content (AvgIpc) is 2.38. The number of hydrogen-bond donors (Lipinski definition) is 1. The molecule has 0 atom stereocenters. The summed E-state index contributed by atoms with van der Waals surface area (Å²) >= 11 is 0. The summed E-state index contributed by atoms with van der Waals surface area (Å²) in [5.74, 6) is 0.716. The van der Waals surface area contributed by atoms with Crippen LogP contribution in [-0.4, -0.2) is 32.5 Å². The molecule has 0 aromatic heterocycles. The number of methoxy groups -OCH3 is 2. The van der Waals surface area contributed by atoms with Crippen molar-refractivity contribution in [3.63, 3.8) is 0 Å². The van der Waals surface area contributed by atoms with Crippen LogP contribution in [0.3, 0.4) is 0 Å². The summed E-state index contributed by atoms with van der Waals surface area (Å²) in [5.41, 5.74) is 0.691. The third-order valence-electron chi connectivity index (χ3n) is 2.42. The van der Waals surface area contributed by atoms with Crippen LogP contribution < -0.4 is 9.47 Å². The van der Waals surface area contributed by atoms with Gasteiger partial charge in [0.15, 0.2) is 17.8 Å². The lowest BCUT2D eigenvalue weighted by atomic mass is 10.1. The largest absolute Gasteiger partial charge is 0.504 e. The van der Waals surface area contributed by atoms with Crippen molar-refractivity contribution in [2.45, 2.75) is 20.1 Å². The van der Waals surface area contributed by atoms with Crippen LogP contribution in [0.25, 0.3) is 0 Å². The second-order valence-electron chi connectivity index (χ2n) is 3.48. The number of rotatable bonds is 7. The number of phenols is 1. The maximum atomic E-state index is 9.70. The van der Waals surface area contributed by atoms with Crippen molar-refractivity contribution in [3.05, 3.63) is 17.7 Å². The Morgan fingerprint density at radius 2 is 1.56 bits per heavy atom. The normalized spacial score (nSPS) is 10.7. The van der Waals surface area contributed by atoms with Crippen LogP contribution in [0.5, 0.6) is 17.2 Å². The highest BCUT2D eigenvalue weighted by atomic mass is 16.7. The van der Waals surface area contributed by atoms with Crippen LogP contribution in [0.1, 0.15) is 25.7 Å². The molecule has 0 bridgehead atoms. The van der Waals surface area contributed by atoms with Gasteiger partial charge in [-0.3, -0.25) is 0 Å². The molecular weight excluding hydrogens is 236 g/mol. The van der Waals surface area contributed by atoms with E-state index in [4.69, 9.17) is 18.9 Å². The Hall–Kier alpha value is -1.46. The molecule has 5 nitrogen and oxygen atoms in total. The maximum Gasteiger partial charge on any atom is 0.203 e. The highest BCUT2D eigenvalue weighted by molar-refractivity contribution is 5.55. The fraction of sp³-hybridized carbons (Fsp3) is 0.538. The average molecular weight is 256 g/mol. The van der Waals surface area contributed by atoms with Crippen LogP contribution in [-0.2, 0) is 9.47 Å². The van der Waals surface area contributed by atoms with Gasteiger partial charge in [0.2, 0.25) is 5.75 Å². The lowest BCUT2D eigenvalue weighted by Gasteiger charge is -2.21. The molecular formula is C13H20O5. The molecule has 0 aliphatic rings. The minimum Gasteiger partial charge on any atom is -0.504 e. The highest BCUT2D eigenvalue weighted by Crippen LogP contribution is 2.42. The molecule has 0 amide bonds. The summed E-state index contributed by atoms with van der Waals surface area (Å²) < 4.78 is 21.4. The molecule has 5 heteroatoms. The van der Waals surface area contributed by atoms with Crippen molar-refractivity contribution >= 4 is 0 Å². The first kappa shape index (κ1) is 14.6. The van der Waals surface area contributed by atoms with Crippen molar-refractivity contribution in [1.29, 1.82) is 0 Å². The number of phenolic OH excluding ortho intramolecular Hbond substituents is 1. The predicted molar refractivity (Wildman–Crippen MR) is 67.2 cm³/mol. The zero-order valence-corrected chi connectivity index (χ0v) is 11.2. The van der Waals surface area contributed by atoms with E-state index in [1.54, 1.807) is 6.07 Å². The second kappa shape index (κ2) is 7.08. The van der Waals surface area contributed by atoms with Gasteiger partial charge in [0.05, 0.1) is 19.8 Å².